The summed E-state index contributed by atoms with van der Waals surface area (Å²) in [4.78, 5) is 25.1. The maximum atomic E-state index is 12.0. The van der Waals surface area contributed by atoms with Gasteiger partial charge in [0.15, 0.2) is 5.75 Å². The van der Waals surface area contributed by atoms with E-state index >= 15 is 0 Å². The molecule has 0 radical (unpaired) electrons. The molecule has 1 aromatic carbocycles. The van der Waals surface area contributed by atoms with Gasteiger partial charge in [0.2, 0.25) is 5.91 Å². The number of hydrogen-bond donors (Lipinski definition) is 2. The van der Waals surface area contributed by atoms with Crippen LogP contribution in [0.25, 0.3) is 0 Å². The van der Waals surface area contributed by atoms with Gasteiger partial charge in [-0.2, -0.15) is 0 Å². The third-order valence-corrected chi connectivity index (χ3v) is 3.32. The number of anilines is 1. The van der Waals surface area contributed by atoms with Crippen molar-refractivity contribution in [1.82, 2.24) is 5.32 Å². The summed E-state index contributed by atoms with van der Waals surface area (Å²) in [5.74, 6) is 1.38. The number of hydrogen-bond acceptors (Lipinski definition) is 4. The van der Waals surface area contributed by atoms with Crippen molar-refractivity contribution in [3.63, 3.8) is 0 Å². The fraction of sp³-hybridized carbons (Fsp3) is 0.333. The lowest BCUT2D eigenvalue weighted by Gasteiger charge is -2.35. The first kappa shape index (κ1) is 14.7. The molecule has 0 saturated carbocycles. The predicted octanol–water partition coefficient (Wildman–Crippen LogP) is 0.722. The minimum Gasteiger partial charge on any atom is -0.489 e. The topological polar surface area (TPSA) is 78.9 Å². The van der Waals surface area contributed by atoms with E-state index in [1.165, 1.54) is 6.07 Å². The third-order valence-electron chi connectivity index (χ3n) is 3.32. The van der Waals surface area contributed by atoms with Crippen molar-refractivity contribution >= 4 is 17.6 Å². The van der Waals surface area contributed by atoms with Gasteiger partial charge < -0.3 is 20.1 Å². The Morgan fingerprint density at radius 1 is 1.57 bits per heavy atom. The number of amides is 1. The van der Waals surface area contributed by atoms with Gasteiger partial charge in [-0.1, -0.05) is 12.0 Å². The van der Waals surface area contributed by atoms with Crippen LogP contribution in [0.4, 0.5) is 5.69 Å². The van der Waals surface area contributed by atoms with E-state index in [-0.39, 0.29) is 18.0 Å². The molecule has 1 unspecified atom stereocenters. The minimum absolute atomic E-state index is 0.0911. The molecule has 1 atom stereocenters. The molecule has 0 fully saturated rings. The van der Waals surface area contributed by atoms with Crippen LogP contribution in [0.15, 0.2) is 18.2 Å². The highest BCUT2D eigenvalue weighted by molar-refractivity contribution is 5.94. The summed E-state index contributed by atoms with van der Waals surface area (Å²) in [7, 11) is 0. The van der Waals surface area contributed by atoms with Gasteiger partial charge in [-0.05, 0) is 19.1 Å². The molecule has 0 spiro atoms. The van der Waals surface area contributed by atoms with Crippen molar-refractivity contribution in [2.45, 2.75) is 13.0 Å². The Morgan fingerprint density at radius 3 is 3.00 bits per heavy atom. The number of carboxylic acid groups (broad SMARTS) is 1. The quantitative estimate of drug-likeness (QED) is 0.798. The fourth-order valence-corrected chi connectivity index (χ4v) is 2.27. The summed E-state index contributed by atoms with van der Waals surface area (Å²) in [5.41, 5.74) is 0.693. The monoisotopic (exact) mass is 288 g/mol. The molecule has 1 amide bonds. The number of ether oxygens (including phenoxy) is 1. The molecule has 1 aromatic rings. The average molecular weight is 288 g/mol. The summed E-state index contributed by atoms with van der Waals surface area (Å²) < 4.78 is 5.47. The number of terminal acetylenes is 1. The molecule has 1 heterocycles. The highest BCUT2D eigenvalue weighted by atomic mass is 16.5. The van der Waals surface area contributed by atoms with Gasteiger partial charge >= 0.3 is 5.97 Å². The van der Waals surface area contributed by atoms with Crippen molar-refractivity contribution < 1.29 is 19.4 Å². The molecule has 2 N–H and O–H groups in total. The van der Waals surface area contributed by atoms with Crippen molar-refractivity contribution in [1.29, 1.82) is 0 Å². The van der Waals surface area contributed by atoms with Crippen LogP contribution < -0.4 is 15.0 Å². The van der Waals surface area contributed by atoms with Crippen molar-refractivity contribution in [3.05, 3.63) is 23.8 Å². The molecule has 1 aliphatic heterocycles. The first-order chi connectivity index (χ1) is 10.1. The number of fused-ring (bicyclic) bond motifs is 1. The van der Waals surface area contributed by atoms with Crippen LogP contribution in [0.5, 0.6) is 5.75 Å². The lowest BCUT2D eigenvalue weighted by Crippen LogP contribution is -2.48. The highest BCUT2D eigenvalue weighted by Gasteiger charge is 2.29. The molecule has 0 saturated heterocycles. The Balaban J connectivity index is 2.30. The van der Waals surface area contributed by atoms with Crippen molar-refractivity contribution in [2.75, 3.05) is 24.6 Å². The van der Waals surface area contributed by atoms with E-state index in [4.69, 9.17) is 11.2 Å². The highest BCUT2D eigenvalue weighted by Crippen LogP contribution is 2.36. The van der Waals surface area contributed by atoms with Gasteiger partial charge in [0.05, 0.1) is 18.8 Å². The zero-order chi connectivity index (χ0) is 15.4. The van der Waals surface area contributed by atoms with E-state index in [1.54, 1.807) is 19.1 Å². The van der Waals surface area contributed by atoms with Gasteiger partial charge in [-0.25, -0.2) is 4.79 Å². The Morgan fingerprint density at radius 2 is 2.33 bits per heavy atom. The Kier molecular flexibility index (Phi) is 4.33. The molecule has 0 aliphatic carbocycles. The van der Waals surface area contributed by atoms with E-state index in [1.807, 2.05) is 4.90 Å². The average Bonchev–Trinajstić information content (AvgIpc) is 2.50. The van der Waals surface area contributed by atoms with Crippen LogP contribution in [0.2, 0.25) is 0 Å². The number of benzene rings is 1. The number of rotatable bonds is 4. The first-order valence-electron chi connectivity index (χ1n) is 6.53. The summed E-state index contributed by atoms with van der Waals surface area (Å²) >= 11 is 0. The Bertz CT molecular complexity index is 606. The standard InChI is InChI=1S/C15H16N2O4/c1-3-7-16-14(18)10(2)17-8-9-21-13-11(15(19)20)5-4-6-12(13)17/h1,4-6,10H,7-9H2,2H3,(H,16,18)(H,19,20). The predicted molar refractivity (Wildman–Crippen MR) is 77.5 cm³/mol. The number of carbonyl (C=O) groups is 2. The second-order valence-electron chi connectivity index (χ2n) is 4.60. The molecule has 2 rings (SSSR count). The number of carboxylic acids is 1. The van der Waals surface area contributed by atoms with Gasteiger partial charge in [0.25, 0.3) is 0 Å². The lowest BCUT2D eigenvalue weighted by atomic mass is 10.1. The normalized spacial score (nSPS) is 14.4. The van der Waals surface area contributed by atoms with Crippen LogP contribution in [0, 0.1) is 12.3 Å². The summed E-state index contributed by atoms with van der Waals surface area (Å²) in [5, 5.41) is 11.8. The Hall–Kier alpha value is -2.68. The van der Waals surface area contributed by atoms with Crippen LogP contribution in [-0.4, -0.2) is 42.7 Å². The molecule has 1 aliphatic rings. The number of nitrogens with zero attached hydrogens (tertiary/aromatic N) is 1. The molecule has 21 heavy (non-hydrogen) atoms. The molecular formula is C15H16N2O4. The summed E-state index contributed by atoms with van der Waals surface area (Å²) in [6.45, 7) is 2.73. The van der Waals surface area contributed by atoms with Crippen LogP contribution in [0.1, 0.15) is 17.3 Å². The SMILES string of the molecule is C#CCNC(=O)C(C)N1CCOc2c(C(=O)O)cccc21. The van der Waals surface area contributed by atoms with Crippen molar-refractivity contribution in [2.24, 2.45) is 0 Å². The number of carbonyl (C=O) groups excluding carboxylic acids is 1. The smallest absolute Gasteiger partial charge is 0.339 e. The van der Waals surface area contributed by atoms with E-state index < -0.39 is 12.0 Å². The van der Waals surface area contributed by atoms with E-state index in [2.05, 4.69) is 11.2 Å². The first-order valence-corrected chi connectivity index (χ1v) is 6.53. The second-order valence-corrected chi connectivity index (χ2v) is 4.60. The van der Waals surface area contributed by atoms with Gasteiger partial charge in [0.1, 0.15) is 18.2 Å². The Labute approximate surface area is 122 Å². The van der Waals surface area contributed by atoms with Crippen LogP contribution in [-0.2, 0) is 4.79 Å². The van der Waals surface area contributed by atoms with E-state index in [0.717, 1.165) is 0 Å². The fourth-order valence-electron chi connectivity index (χ4n) is 2.27. The lowest BCUT2D eigenvalue weighted by molar-refractivity contribution is -0.121. The van der Waals surface area contributed by atoms with Crippen molar-refractivity contribution in [3.8, 4) is 18.1 Å². The number of para-hydroxylation sites is 1. The van der Waals surface area contributed by atoms with Gasteiger partial charge in [-0.15, -0.1) is 6.42 Å². The van der Waals surface area contributed by atoms with Crippen LogP contribution >= 0.6 is 0 Å². The molecule has 6 heteroatoms. The number of nitrogens with one attached hydrogen (secondary N) is 1. The summed E-state index contributed by atoms with van der Waals surface area (Å²) in [6.07, 6.45) is 5.12. The van der Waals surface area contributed by atoms with Crippen LogP contribution in [0.3, 0.4) is 0 Å². The zero-order valence-corrected chi connectivity index (χ0v) is 11.6. The number of aromatic carboxylic acids is 1. The largest absolute Gasteiger partial charge is 0.489 e. The second kappa shape index (κ2) is 6.18. The molecule has 0 bridgehead atoms. The molecular weight excluding hydrogens is 272 g/mol. The van der Waals surface area contributed by atoms with Gasteiger partial charge in [-0.3, -0.25) is 4.79 Å². The zero-order valence-electron chi connectivity index (χ0n) is 11.6. The third kappa shape index (κ3) is 2.92. The van der Waals surface area contributed by atoms with E-state index in [0.29, 0.717) is 24.6 Å². The van der Waals surface area contributed by atoms with Gasteiger partial charge in [0, 0.05) is 0 Å². The maximum absolute atomic E-state index is 12.0. The maximum Gasteiger partial charge on any atom is 0.339 e. The molecule has 6 nitrogen and oxygen atoms in total. The minimum atomic E-state index is -1.06. The molecule has 110 valence electrons. The van der Waals surface area contributed by atoms with E-state index in [9.17, 15) is 14.7 Å². The summed E-state index contributed by atoms with van der Waals surface area (Å²) in [6, 6.07) is 4.39. The molecule has 0 aromatic heterocycles.